The number of rotatable bonds is 5. The van der Waals surface area contributed by atoms with Gasteiger partial charge in [0.05, 0.1) is 12.7 Å². The van der Waals surface area contributed by atoms with Crippen LogP contribution in [0.5, 0.6) is 0 Å². The summed E-state index contributed by atoms with van der Waals surface area (Å²) in [7, 11) is 0. The Morgan fingerprint density at radius 2 is 2.00 bits per heavy atom. The second kappa shape index (κ2) is 5.62. The Kier molecular flexibility index (Phi) is 3.91. The molecule has 1 aromatic carbocycles. The van der Waals surface area contributed by atoms with Crippen molar-refractivity contribution in [1.82, 2.24) is 15.4 Å². The number of hydrogen-bond donors (Lipinski definition) is 2. The molecule has 0 fully saturated rings. The molecule has 1 amide bonds. The molecule has 0 aliphatic rings. The molecule has 1 heterocycles. The van der Waals surface area contributed by atoms with E-state index in [2.05, 4.69) is 15.4 Å². The van der Waals surface area contributed by atoms with Gasteiger partial charge in [0.15, 0.2) is 5.69 Å². The average Bonchev–Trinajstić information content (AvgIpc) is 2.86. The van der Waals surface area contributed by atoms with Gasteiger partial charge in [-0.05, 0) is 19.4 Å². The van der Waals surface area contributed by atoms with E-state index in [1.165, 1.54) is 0 Å². The Bertz CT molecular complexity index is 560. The number of nitrogens with zero attached hydrogens (tertiary/aromatic N) is 2. The molecule has 0 aliphatic carbocycles. The summed E-state index contributed by atoms with van der Waals surface area (Å²) in [6.45, 7) is 4.53. The van der Waals surface area contributed by atoms with E-state index in [4.69, 9.17) is 10.5 Å². The third-order valence-corrected chi connectivity index (χ3v) is 2.59. The normalized spacial score (nSPS) is 10.9. The number of H-pyrrole nitrogens is 1. The van der Waals surface area contributed by atoms with Gasteiger partial charge in [-0.3, -0.25) is 4.79 Å². The number of nitrogens with one attached hydrogen (secondary N) is 1. The van der Waals surface area contributed by atoms with Crippen molar-refractivity contribution in [2.24, 2.45) is 5.73 Å². The van der Waals surface area contributed by atoms with Gasteiger partial charge in [0.25, 0.3) is 5.91 Å². The van der Waals surface area contributed by atoms with Gasteiger partial charge in [0.1, 0.15) is 5.69 Å². The second-order valence-corrected chi connectivity index (χ2v) is 4.44. The minimum Gasteiger partial charge on any atom is -0.374 e. The number of nitrogens with two attached hydrogens (primary N) is 1. The van der Waals surface area contributed by atoms with Crippen LogP contribution in [0.1, 0.15) is 29.9 Å². The zero-order valence-electron chi connectivity index (χ0n) is 10.9. The molecule has 0 saturated heterocycles. The molecule has 0 bridgehead atoms. The van der Waals surface area contributed by atoms with E-state index in [-0.39, 0.29) is 11.8 Å². The number of benzene rings is 1. The third-order valence-electron chi connectivity index (χ3n) is 2.59. The number of carbonyl (C=O) groups is 1. The molecule has 6 heteroatoms. The second-order valence-electron chi connectivity index (χ2n) is 4.44. The smallest absolute Gasteiger partial charge is 0.271 e. The minimum atomic E-state index is -0.601. The summed E-state index contributed by atoms with van der Waals surface area (Å²) in [5, 5.41) is 10.1. The van der Waals surface area contributed by atoms with Crippen LogP contribution in [0.4, 0.5) is 0 Å². The van der Waals surface area contributed by atoms with Gasteiger partial charge in [-0.1, -0.05) is 24.3 Å². The first-order valence-corrected chi connectivity index (χ1v) is 5.99. The number of ether oxygens (including phenoxy) is 1. The van der Waals surface area contributed by atoms with Crippen LogP contribution >= 0.6 is 0 Å². The molecule has 2 aromatic rings. The largest absolute Gasteiger partial charge is 0.374 e. The van der Waals surface area contributed by atoms with E-state index >= 15 is 0 Å². The van der Waals surface area contributed by atoms with Crippen LogP contribution in [0.2, 0.25) is 0 Å². The van der Waals surface area contributed by atoms with Crippen molar-refractivity contribution in [1.29, 1.82) is 0 Å². The first-order valence-electron chi connectivity index (χ1n) is 5.99. The molecule has 0 radical (unpaired) electrons. The van der Waals surface area contributed by atoms with Crippen molar-refractivity contribution >= 4 is 5.91 Å². The fourth-order valence-electron chi connectivity index (χ4n) is 1.63. The van der Waals surface area contributed by atoms with Crippen molar-refractivity contribution in [2.75, 3.05) is 0 Å². The molecule has 0 saturated carbocycles. The Morgan fingerprint density at radius 1 is 1.32 bits per heavy atom. The van der Waals surface area contributed by atoms with E-state index in [0.29, 0.717) is 12.3 Å². The lowest BCUT2D eigenvalue weighted by atomic mass is 10.1. The Hall–Kier alpha value is -2.21. The highest BCUT2D eigenvalue weighted by Gasteiger charge is 2.14. The Morgan fingerprint density at radius 3 is 2.58 bits per heavy atom. The molecule has 0 spiro atoms. The van der Waals surface area contributed by atoms with Crippen molar-refractivity contribution in [3.63, 3.8) is 0 Å². The van der Waals surface area contributed by atoms with Crippen LogP contribution in [0.15, 0.2) is 24.3 Å². The van der Waals surface area contributed by atoms with Crippen molar-refractivity contribution in [2.45, 2.75) is 26.6 Å². The summed E-state index contributed by atoms with van der Waals surface area (Å²) >= 11 is 0. The summed E-state index contributed by atoms with van der Waals surface area (Å²) in [5.41, 5.74) is 7.68. The molecule has 19 heavy (non-hydrogen) atoms. The maximum Gasteiger partial charge on any atom is 0.271 e. The summed E-state index contributed by atoms with van der Waals surface area (Å²) in [4.78, 5) is 11.2. The summed E-state index contributed by atoms with van der Waals surface area (Å²) in [6.07, 6.45) is 0.191. The monoisotopic (exact) mass is 260 g/mol. The lowest BCUT2D eigenvalue weighted by molar-refractivity contribution is 0.0657. The fraction of sp³-hybridized carbons (Fsp3) is 0.308. The molecule has 1 aromatic heterocycles. The number of amides is 1. The first kappa shape index (κ1) is 13.2. The SMILES string of the molecule is CC(C)OCc1ccc(-c2n[nH]nc2C(N)=O)cc1. The maximum atomic E-state index is 11.2. The number of primary amides is 1. The van der Waals surface area contributed by atoms with Gasteiger partial charge in [-0.2, -0.15) is 15.4 Å². The number of aromatic amines is 1. The molecule has 6 nitrogen and oxygen atoms in total. The average molecular weight is 260 g/mol. The molecule has 3 N–H and O–H groups in total. The molecule has 0 unspecified atom stereocenters. The van der Waals surface area contributed by atoms with E-state index in [0.717, 1.165) is 11.1 Å². The quantitative estimate of drug-likeness (QED) is 0.851. The Labute approximate surface area is 111 Å². The van der Waals surface area contributed by atoms with Crippen LogP contribution in [-0.2, 0) is 11.3 Å². The predicted octanol–water partition coefficient (Wildman–Crippen LogP) is 1.50. The van der Waals surface area contributed by atoms with Crippen LogP contribution < -0.4 is 5.73 Å². The van der Waals surface area contributed by atoms with Crippen LogP contribution in [-0.4, -0.2) is 27.4 Å². The van der Waals surface area contributed by atoms with Gasteiger partial charge < -0.3 is 10.5 Å². The van der Waals surface area contributed by atoms with Gasteiger partial charge in [0.2, 0.25) is 0 Å². The minimum absolute atomic E-state index is 0.145. The Balaban J connectivity index is 2.18. The standard InChI is InChI=1S/C13H16N4O2/c1-8(2)19-7-9-3-5-10(6-4-9)11-12(13(14)18)16-17-15-11/h3-6,8H,7H2,1-2H3,(H2,14,18)(H,15,16,17). The van der Waals surface area contributed by atoms with Crippen molar-refractivity contribution in [3.8, 4) is 11.3 Å². The summed E-state index contributed by atoms with van der Waals surface area (Å²) in [5.74, 6) is -0.601. The lowest BCUT2D eigenvalue weighted by Crippen LogP contribution is -2.12. The van der Waals surface area contributed by atoms with E-state index in [9.17, 15) is 4.79 Å². The highest BCUT2D eigenvalue weighted by atomic mass is 16.5. The topological polar surface area (TPSA) is 93.9 Å². The maximum absolute atomic E-state index is 11.2. The lowest BCUT2D eigenvalue weighted by Gasteiger charge is -2.07. The van der Waals surface area contributed by atoms with E-state index in [1.54, 1.807) is 0 Å². The summed E-state index contributed by atoms with van der Waals surface area (Å²) in [6, 6.07) is 7.58. The van der Waals surface area contributed by atoms with Gasteiger partial charge >= 0.3 is 0 Å². The van der Waals surface area contributed by atoms with Crippen molar-refractivity contribution in [3.05, 3.63) is 35.5 Å². The number of carbonyl (C=O) groups excluding carboxylic acids is 1. The summed E-state index contributed by atoms with van der Waals surface area (Å²) < 4.78 is 5.51. The zero-order chi connectivity index (χ0) is 13.8. The van der Waals surface area contributed by atoms with Crippen LogP contribution in [0.25, 0.3) is 11.3 Å². The molecular weight excluding hydrogens is 244 g/mol. The van der Waals surface area contributed by atoms with Gasteiger partial charge in [0, 0.05) is 5.56 Å². The third kappa shape index (κ3) is 3.17. The number of hydrogen-bond acceptors (Lipinski definition) is 4. The van der Waals surface area contributed by atoms with Crippen LogP contribution in [0, 0.1) is 0 Å². The number of aromatic nitrogens is 3. The molecule has 0 aliphatic heterocycles. The van der Waals surface area contributed by atoms with E-state index < -0.39 is 5.91 Å². The molecule has 0 atom stereocenters. The molecular formula is C13H16N4O2. The molecule has 2 rings (SSSR count). The highest BCUT2D eigenvalue weighted by molar-refractivity contribution is 5.96. The van der Waals surface area contributed by atoms with Gasteiger partial charge in [-0.25, -0.2) is 0 Å². The van der Waals surface area contributed by atoms with Gasteiger partial charge in [-0.15, -0.1) is 0 Å². The highest BCUT2D eigenvalue weighted by Crippen LogP contribution is 2.20. The van der Waals surface area contributed by atoms with E-state index in [1.807, 2.05) is 38.1 Å². The zero-order valence-corrected chi connectivity index (χ0v) is 10.9. The predicted molar refractivity (Wildman–Crippen MR) is 70.3 cm³/mol. The fourth-order valence-corrected chi connectivity index (χ4v) is 1.63. The molecule has 100 valence electrons. The first-order chi connectivity index (χ1) is 9.08. The van der Waals surface area contributed by atoms with Crippen molar-refractivity contribution < 1.29 is 9.53 Å². The van der Waals surface area contributed by atoms with Crippen LogP contribution in [0.3, 0.4) is 0 Å².